The molecule has 0 radical (unpaired) electrons. The van der Waals surface area contributed by atoms with Crippen LogP contribution in [0.3, 0.4) is 0 Å². The monoisotopic (exact) mass is 418 g/mol. The Bertz CT molecular complexity index is 1030. The number of hydrogen-bond donors (Lipinski definition) is 2. The maximum atomic E-state index is 12.2. The summed E-state index contributed by atoms with van der Waals surface area (Å²) in [5, 5.41) is 17.8. The summed E-state index contributed by atoms with van der Waals surface area (Å²) in [7, 11) is 1.44. The van der Waals surface area contributed by atoms with Gasteiger partial charge in [-0.05, 0) is 53.5 Å². The quantitative estimate of drug-likeness (QED) is 0.494. The fourth-order valence-electron chi connectivity index (χ4n) is 2.30. The molecule has 26 heavy (non-hydrogen) atoms. The number of aromatic nitrogens is 4. The van der Waals surface area contributed by atoms with E-state index in [9.17, 15) is 9.90 Å². The summed E-state index contributed by atoms with van der Waals surface area (Å²) in [5.74, 6) is 0.0251. The highest BCUT2D eigenvalue weighted by Gasteiger charge is 2.14. The average Bonchev–Trinajstić information content (AvgIpc) is 3.02. The second kappa shape index (κ2) is 7.08. The van der Waals surface area contributed by atoms with Gasteiger partial charge in [-0.3, -0.25) is 4.79 Å². The number of hydrazone groups is 1. The summed E-state index contributed by atoms with van der Waals surface area (Å²) in [5.41, 5.74) is 4.59. The number of amides is 1. The first-order chi connectivity index (χ1) is 12.4. The van der Waals surface area contributed by atoms with E-state index in [1.807, 2.05) is 19.9 Å². The molecule has 3 aromatic rings. The fraction of sp³-hybridized carbons (Fsp3) is 0.188. The van der Waals surface area contributed by atoms with Gasteiger partial charge in [-0.2, -0.15) is 10.1 Å². The van der Waals surface area contributed by atoms with Crippen LogP contribution in [0.5, 0.6) is 11.5 Å². The molecule has 0 aliphatic rings. The molecule has 9 nitrogen and oxygen atoms in total. The second-order valence-corrected chi connectivity index (χ2v) is 6.29. The summed E-state index contributed by atoms with van der Waals surface area (Å²) in [4.78, 5) is 20.5. The highest BCUT2D eigenvalue weighted by atomic mass is 79.9. The lowest BCUT2D eigenvalue weighted by molar-refractivity contribution is 0.0945. The van der Waals surface area contributed by atoms with Crippen molar-refractivity contribution < 1.29 is 14.6 Å². The molecule has 0 fully saturated rings. The van der Waals surface area contributed by atoms with Gasteiger partial charge in [0.2, 0.25) is 5.82 Å². The first-order valence-electron chi connectivity index (χ1n) is 7.50. The Hall–Kier alpha value is -3.01. The van der Waals surface area contributed by atoms with Crippen LogP contribution >= 0.6 is 15.9 Å². The molecule has 10 heteroatoms. The van der Waals surface area contributed by atoms with E-state index in [1.54, 1.807) is 12.1 Å². The van der Waals surface area contributed by atoms with Crippen molar-refractivity contribution in [3.05, 3.63) is 45.4 Å². The van der Waals surface area contributed by atoms with Gasteiger partial charge >= 0.3 is 5.91 Å². The predicted molar refractivity (Wildman–Crippen MR) is 97.7 cm³/mol. The predicted octanol–water partition coefficient (Wildman–Crippen LogP) is 1.98. The Kier molecular flexibility index (Phi) is 4.85. The number of hydrogen-bond acceptors (Lipinski definition) is 7. The Morgan fingerprint density at radius 3 is 2.85 bits per heavy atom. The summed E-state index contributed by atoms with van der Waals surface area (Å²) in [6, 6.07) is 5.05. The highest BCUT2D eigenvalue weighted by Crippen LogP contribution is 2.34. The third-order valence-corrected chi connectivity index (χ3v) is 4.08. The van der Waals surface area contributed by atoms with Crippen LogP contribution in [-0.4, -0.2) is 43.9 Å². The molecular formula is C16H15BrN6O3. The van der Waals surface area contributed by atoms with E-state index in [1.165, 1.54) is 17.8 Å². The van der Waals surface area contributed by atoms with Crippen molar-refractivity contribution in [3.8, 4) is 11.5 Å². The lowest BCUT2D eigenvalue weighted by atomic mass is 10.2. The van der Waals surface area contributed by atoms with Crippen molar-refractivity contribution in [1.29, 1.82) is 0 Å². The smallest absolute Gasteiger partial charge is 0.311 e. The molecule has 0 saturated carbocycles. The largest absolute Gasteiger partial charge is 0.503 e. The first-order valence-corrected chi connectivity index (χ1v) is 8.29. The maximum Gasteiger partial charge on any atom is 0.311 e. The van der Waals surface area contributed by atoms with Crippen LogP contribution in [0.4, 0.5) is 0 Å². The van der Waals surface area contributed by atoms with Crippen LogP contribution in [0, 0.1) is 13.8 Å². The number of halogens is 1. The first kappa shape index (κ1) is 17.8. The Morgan fingerprint density at radius 2 is 2.12 bits per heavy atom. The van der Waals surface area contributed by atoms with Crippen molar-refractivity contribution in [2.75, 3.05) is 7.11 Å². The number of rotatable bonds is 4. The van der Waals surface area contributed by atoms with Crippen molar-refractivity contribution in [2.24, 2.45) is 5.10 Å². The summed E-state index contributed by atoms with van der Waals surface area (Å²) < 4.78 is 7.00. The number of fused-ring (bicyclic) bond motifs is 1. The number of aromatic hydroxyl groups is 1. The SMILES string of the molecule is COc1cc(/C=N/NC(=O)c2nc3nc(C)cc(C)n3n2)cc(Br)c1O. The van der Waals surface area contributed by atoms with E-state index in [0.717, 1.165) is 11.4 Å². The minimum Gasteiger partial charge on any atom is -0.503 e. The van der Waals surface area contributed by atoms with Gasteiger partial charge in [0, 0.05) is 11.4 Å². The average molecular weight is 419 g/mol. The van der Waals surface area contributed by atoms with E-state index in [4.69, 9.17) is 4.74 Å². The topological polar surface area (TPSA) is 114 Å². The Balaban J connectivity index is 1.78. The molecule has 0 aliphatic heterocycles. The number of nitrogens with zero attached hydrogens (tertiary/aromatic N) is 5. The van der Waals surface area contributed by atoms with Gasteiger partial charge in [-0.1, -0.05) is 0 Å². The van der Waals surface area contributed by atoms with Gasteiger partial charge in [-0.25, -0.2) is 14.9 Å². The van der Waals surface area contributed by atoms with E-state index in [0.29, 0.717) is 15.8 Å². The van der Waals surface area contributed by atoms with Gasteiger partial charge < -0.3 is 9.84 Å². The number of phenolic OH excluding ortho intramolecular Hbond substituents is 1. The molecular weight excluding hydrogens is 404 g/mol. The second-order valence-electron chi connectivity index (χ2n) is 5.44. The molecule has 2 N–H and O–H groups in total. The number of methoxy groups -OCH3 is 1. The van der Waals surface area contributed by atoms with Crippen molar-refractivity contribution in [1.82, 2.24) is 25.0 Å². The van der Waals surface area contributed by atoms with Gasteiger partial charge in [0.15, 0.2) is 11.5 Å². The van der Waals surface area contributed by atoms with Gasteiger partial charge in [0.25, 0.3) is 5.78 Å². The van der Waals surface area contributed by atoms with E-state index in [-0.39, 0.29) is 17.3 Å². The van der Waals surface area contributed by atoms with Crippen LogP contribution in [0.15, 0.2) is 27.8 Å². The van der Waals surface area contributed by atoms with Crippen LogP contribution < -0.4 is 10.2 Å². The number of benzene rings is 1. The van der Waals surface area contributed by atoms with Gasteiger partial charge in [-0.15, -0.1) is 5.10 Å². The highest BCUT2D eigenvalue weighted by molar-refractivity contribution is 9.10. The number of carbonyl (C=O) groups excluding carboxylic acids is 1. The van der Waals surface area contributed by atoms with Crippen molar-refractivity contribution >= 4 is 33.8 Å². The minimum atomic E-state index is -0.561. The lowest BCUT2D eigenvalue weighted by Crippen LogP contribution is -2.19. The summed E-state index contributed by atoms with van der Waals surface area (Å²) in [6.07, 6.45) is 1.41. The molecule has 0 aliphatic carbocycles. The van der Waals surface area contributed by atoms with E-state index in [2.05, 4.69) is 41.5 Å². The number of phenols is 1. The fourth-order valence-corrected chi connectivity index (χ4v) is 2.76. The molecule has 1 amide bonds. The summed E-state index contributed by atoms with van der Waals surface area (Å²) in [6.45, 7) is 3.70. The molecule has 2 aromatic heterocycles. The number of aryl methyl sites for hydroxylation is 2. The van der Waals surface area contributed by atoms with Crippen LogP contribution in [0.25, 0.3) is 5.78 Å². The standard InChI is InChI=1S/C16H15BrN6O3/c1-8-4-9(2)23-16(19-8)20-14(22-23)15(25)21-18-7-10-5-11(17)13(24)12(6-10)26-3/h4-7,24H,1-3H3,(H,21,25)/b18-7+. The molecule has 1 aromatic carbocycles. The third kappa shape index (κ3) is 3.49. The Labute approximate surface area is 156 Å². The zero-order valence-corrected chi connectivity index (χ0v) is 15.8. The van der Waals surface area contributed by atoms with Crippen LogP contribution in [-0.2, 0) is 0 Å². The molecule has 0 atom stereocenters. The normalized spacial score (nSPS) is 11.2. The molecule has 0 unspecified atom stereocenters. The molecule has 0 saturated heterocycles. The lowest BCUT2D eigenvalue weighted by Gasteiger charge is -2.06. The van der Waals surface area contributed by atoms with Gasteiger partial charge in [0.1, 0.15) is 0 Å². The maximum absolute atomic E-state index is 12.2. The summed E-state index contributed by atoms with van der Waals surface area (Å²) >= 11 is 3.22. The molecule has 0 bridgehead atoms. The third-order valence-electron chi connectivity index (χ3n) is 3.47. The van der Waals surface area contributed by atoms with Crippen molar-refractivity contribution in [2.45, 2.75) is 13.8 Å². The number of carbonyl (C=O) groups is 1. The minimum absolute atomic E-state index is 0.0132. The molecule has 134 valence electrons. The van der Waals surface area contributed by atoms with Crippen LogP contribution in [0.2, 0.25) is 0 Å². The van der Waals surface area contributed by atoms with E-state index >= 15 is 0 Å². The molecule has 3 rings (SSSR count). The molecule has 2 heterocycles. The zero-order chi connectivity index (χ0) is 18.8. The molecule has 0 spiro atoms. The number of ether oxygens (including phenoxy) is 1. The number of nitrogens with one attached hydrogen (secondary N) is 1. The van der Waals surface area contributed by atoms with E-state index < -0.39 is 5.91 Å². The van der Waals surface area contributed by atoms with Gasteiger partial charge in [0.05, 0.1) is 17.8 Å². The van der Waals surface area contributed by atoms with Crippen molar-refractivity contribution in [3.63, 3.8) is 0 Å². The Morgan fingerprint density at radius 1 is 1.35 bits per heavy atom. The van der Waals surface area contributed by atoms with Crippen LogP contribution in [0.1, 0.15) is 27.6 Å². The zero-order valence-electron chi connectivity index (χ0n) is 14.2.